The van der Waals surface area contributed by atoms with Gasteiger partial charge in [0.05, 0.1) is 6.04 Å². The van der Waals surface area contributed by atoms with E-state index in [0.717, 1.165) is 13.0 Å². The Morgan fingerprint density at radius 1 is 1.55 bits per heavy atom. The largest absolute Gasteiger partial charge is 0.321 e. The van der Waals surface area contributed by atoms with E-state index >= 15 is 0 Å². The fourth-order valence-electron chi connectivity index (χ4n) is 0.731. The lowest BCUT2D eigenvalue weighted by atomic mass is 10.1. The number of nitrogens with one attached hydrogen (secondary N) is 1. The first kappa shape index (κ1) is 10.6. The minimum absolute atomic E-state index is 0.0653. The van der Waals surface area contributed by atoms with E-state index in [2.05, 4.69) is 19.2 Å². The van der Waals surface area contributed by atoms with Gasteiger partial charge in [0.1, 0.15) is 5.78 Å². The third-order valence-electron chi connectivity index (χ3n) is 1.53. The van der Waals surface area contributed by atoms with Crippen LogP contribution in [0.15, 0.2) is 0 Å². The molecule has 0 bridgehead atoms. The third-order valence-corrected chi connectivity index (χ3v) is 1.53. The molecule has 0 aromatic carbocycles. The van der Waals surface area contributed by atoms with Crippen LogP contribution in [0, 0.1) is 0 Å². The normalized spacial score (nSPS) is 13.5. The predicted octanol–water partition coefficient (Wildman–Crippen LogP) is 0.291. The summed E-state index contributed by atoms with van der Waals surface area (Å²) in [5.41, 5.74) is 5.51. The Bertz CT molecular complexity index is 123. The summed E-state index contributed by atoms with van der Waals surface area (Å²) in [7, 11) is 0. The summed E-state index contributed by atoms with van der Waals surface area (Å²) >= 11 is 0. The van der Waals surface area contributed by atoms with Crippen LogP contribution in [0.5, 0.6) is 0 Å². The molecule has 3 nitrogen and oxygen atoms in total. The van der Waals surface area contributed by atoms with Gasteiger partial charge in [0.15, 0.2) is 0 Å². The number of carbonyl (C=O) groups is 1. The fourth-order valence-corrected chi connectivity index (χ4v) is 0.731. The van der Waals surface area contributed by atoms with Gasteiger partial charge in [-0.3, -0.25) is 4.79 Å². The molecule has 0 aliphatic heterocycles. The summed E-state index contributed by atoms with van der Waals surface area (Å²) in [6.07, 6.45) is 0.730. The van der Waals surface area contributed by atoms with Crippen LogP contribution < -0.4 is 11.1 Å². The minimum Gasteiger partial charge on any atom is -0.321 e. The van der Waals surface area contributed by atoms with Gasteiger partial charge in [-0.1, -0.05) is 13.8 Å². The van der Waals surface area contributed by atoms with Gasteiger partial charge in [0.2, 0.25) is 0 Å². The number of carbonyl (C=O) groups excluding carboxylic acids is 1. The lowest BCUT2D eigenvalue weighted by Gasteiger charge is -2.10. The minimum atomic E-state index is -0.291. The van der Waals surface area contributed by atoms with Gasteiger partial charge in [-0.05, 0) is 19.9 Å². The average molecular weight is 158 g/mol. The molecule has 0 aromatic heterocycles. The highest BCUT2D eigenvalue weighted by atomic mass is 16.1. The molecule has 3 heteroatoms. The quantitative estimate of drug-likeness (QED) is 0.604. The standard InChI is InChI=1S/C8H18N2O/c1-6(2)10-5-4-8(9)7(3)11/h6,8,10H,4-5,9H2,1-3H3/t8-/m1/s1. The van der Waals surface area contributed by atoms with Gasteiger partial charge < -0.3 is 11.1 Å². The zero-order chi connectivity index (χ0) is 8.85. The number of ketones is 1. The van der Waals surface area contributed by atoms with Crippen molar-refractivity contribution in [3.8, 4) is 0 Å². The molecule has 66 valence electrons. The summed E-state index contributed by atoms with van der Waals surface area (Å²) in [5.74, 6) is 0.0653. The van der Waals surface area contributed by atoms with Crippen LogP contribution in [-0.2, 0) is 4.79 Å². The Balaban J connectivity index is 3.31. The molecule has 0 spiro atoms. The monoisotopic (exact) mass is 158 g/mol. The Hall–Kier alpha value is -0.410. The zero-order valence-electron chi connectivity index (χ0n) is 7.55. The van der Waals surface area contributed by atoms with Crippen molar-refractivity contribution in [1.82, 2.24) is 5.32 Å². The average Bonchev–Trinajstić information content (AvgIpc) is 1.86. The Morgan fingerprint density at radius 3 is 2.45 bits per heavy atom. The van der Waals surface area contributed by atoms with E-state index in [1.54, 1.807) is 0 Å². The number of hydrogen-bond acceptors (Lipinski definition) is 3. The molecule has 0 fully saturated rings. The van der Waals surface area contributed by atoms with Crippen molar-refractivity contribution in [3.63, 3.8) is 0 Å². The molecule has 0 aliphatic rings. The van der Waals surface area contributed by atoms with Gasteiger partial charge in [-0.2, -0.15) is 0 Å². The van der Waals surface area contributed by atoms with E-state index in [1.807, 2.05) is 0 Å². The van der Waals surface area contributed by atoms with E-state index in [9.17, 15) is 4.79 Å². The second-order valence-corrected chi connectivity index (χ2v) is 3.11. The van der Waals surface area contributed by atoms with E-state index in [-0.39, 0.29) is 11.8 Å². The maximum atomic E-state index is 10.7. The number of hydrogen-bond donors (Lipinski definition) is 2. The van der Waals surface area contributed by atoms with Crippen molar-refractivity contribution in [2.75, 3.05) is 6.54 Å². The highest BCUT2D eigenvalue weighted by Crippen LogP contribution is 1.88. The molecular formula is C8H18N2O. The first-order valence-corrected chi connectivity index (χ1v) is 4.03. The smallest absolute Gasteiger partial charge is 0.146 e. The maximum Gasteiger partial charge on any atom is 0.146 e. The number of Topliss-reactive ketones (excluding diaryl/α,β-unsaturated/α-hetero) is 1. The van der Waals surface area contributed by atoms with Crippen LogP contribution in [0.25, 0.3) is 0 Å². The molecule has 0 radical (unpaired) electrons. The summed E-state index contributed by atoms with van der Waals surface area (Å²) in [6.45, 7) is 6.48. The van der Waals surface area contributed by atoms with Crippen molar-refractivity contribution in [3.05, 3.63) is 0 Å². The van der Waals surface area contributed by atoms with Gasteiger partial charge in [-0.25, -0.2) is 0 Å². The third kappa shape index (κ3) is 6.01. The van der Waals surface area contributed by atoms with Crippen LogP contribution in [0.3, 0.4) is 0 Å². The topological polar surface area (TPSA) is 55.1 Å². The molecule has 0 rings (SSSR count). The lowest BCUT2D eigenvalue weighted by molar-refractivity contribution is -0.118. The molecule has 0 heterocycles. The zero-order valence-corrected chi connectivity index (χ0v) is 7.55. The van der Waals surface area contributed by atoms with Crippen molar-refractivity contribution >= 4 is 5.78 Å². The number of rotatable bonds is 5. The Kier molecular flexibility index (Phi) is 5.07. The summed E-state index contributed by atoms with van der Waals surface area (Å²) in [5, 5.41) is 3.20. The van der Waals surface area contributed by atoms with Gasteiger partial charge in [-0.15, -0.1) is 0 Å². The van der Waals surface area contributed by atoms with Crippen LogP contribution in [0.2, 0.25) is 0 Å². The second-order valence-electron chi connectivity index (χ2n) is 3.11. The van der Waals surface area contributed by atoms with Crippen LogP contribution in [0.4, 0.5) is 0 Å². The molecule has 0 unspecified atom stereocenters. The van der Waals surface area contributed by atoms with Crippen molar-refractivity contribution in [2.24, 2.45) is 5.73 Å². The highest BCUT2D eigenvalue weighted by Gasteiger charge is 2.06. The fraction of sp³-hybridized carbons (Fsp3) is 0.875. The summed E-state index contributed by atoms with van der Waals surface area (Å²) in [4.78, 5) is 10.7. The molecule has 0 saturated carbocycles. The van der Waals surface area contributed by atoms with Crippen LogP contribution >= 0.6 is 0 Å². The van der Waals surface area contributed by atoms with E-state index in [4.69, 9.17) is 5.73 Å². The van der Waals surface area contributed by atoms with Crippen molar-refractivity contribution in [1.29, 1.82) is 0 Å². The molecule has 0 aromatic rings. The molecule has 0 aliphatic carbocycles. The van der Waals surface area contributed by atoms with E-state index in [0.29, 0.717) is 6.04 Å². The lowest BCUT2D eigenvalue weighted by Crippen LogP contribution is -2.34. The van der Waals surface area contributed by atoms with E-state index in [1.165, 1.54) is 6.92 Å². The highest BCUT2D eigenvalue weighted by molar-refractivity contribution is 5.81. The Labute approximate surface area is 68.3 Å². The Morgan fingerprint density at radius 2 is 2.09 bits per heavy atom. The van der Waals surface area contributed by atoms with Crippen molar-refractivity contribution in [2.45, 2.75) is 39.3 Å². The SMILES string of the molecule is CC(=O)[C@H](N)CCNC(C)C. The van der Waals surface area contributed by atoms with E-state index < -0.39 is 0 Å². The maximum absolute atomic E-state index is 10.7. The van der Waals surface area contributed by atoms with Gasteiger partial charge >= 0.3 is 0 Å². The van der Waals surface area contributed by atoms with Crippen LogP contribution in [-0.4, -0.2) is 24.4 Å². The van der Waals surface area contributed by atoms with Gasteiger partial charge in [0.25, 0.3) is 0 Å². The molecule has 3 N–H and O–H groups in total. The van der Waals surface area contributed by atoms with Crippen LogP contribution in [0.1, 0.15) is 27.2 Å². The first-order valence-electron chi connectivity index (χ1n) is 4.03. The second kappa shape index (κ2) is 5.27. The number of nitrogens with two attached hydrogens (primary N) is 1. The van der Waals surface area contributed by atoms with Gasteiger partial charge in [0, 0.05) is 6.04 Å². The molecule has 0 amide bonds. The molecule has 11 heavy (non-hydrogen) atoms. The predicted molar refractivity (Wildman–Crippen MR) is 46.4 cm³/mol. The molecular weight excluding hydrogens is 140 g/mol. The van der Waals surface area contributed by atoms with Crippen molar-refractivity contribution < 1.29 is 4.79 Å². The summed E-state index contributed by atoms with van der Waals surface area (Å²) < 4.78 is 0. The molecule has 1 atom stereocenters. The molecule has 0 saturated heterocycles. The first-order chi connectivity index (χ1) is 5.04. The summed E-state index contributed by atoms with van der Waals surface area (Å²) in [6, 6.07) is 0.176.